The summed E-state index contributed by atoms with van der Waals surface area (Å²) in [7, 11) is 1.59. The van der Waals surface area contributed by atoms with E-state index in [2.05, 4.69) is 17.6 Å². The maximum absolute atomic E-state index is 12.1. The molecule has 2 N–H and O–H groups in total. The lowest BCUT2D eigenvalue weighted by atomic mass is 9.99. The second kappa shape index (κ2) is 7.94. The molecule has 1 aromatic rings. The number of benzene rings is 1. The highest BCUT2D eigenvalue weighted by molar-refractivity contribution is 5.98. The number of rotatable bonds is 6. The van der Waals surface area contributed by atoms with Crippen LogP contribution >= 0.6 is 0 Å². The smallest absolute Gasteiger partial charge is 0.220 e. The van der Waals surface area contributed by atoms with Crippen LogP contribution in [-0.2, 0) is 4.79 Å². The number of piperidine rings is 1. The molecule has 5 heteroatoms. The lowest BCUT2D eigenvalue weighted by Crippen LogP contribution is -2.51. The summed E-state index contributed by atoms with van der Waals surface area (Å²) in [4.78, 5) is 24.1. The molecule has 2 rings (SSSR count). The van der Waals surface area contributed by atoms with E-state index in [9.17, 15) is 9.59 Å². The Morgan fingerprint density at radius 1 is 1.27 bits per heavy atom. The molecule has 2 atom stereocenters. The second-order valence-electron chi connectivity index (χ2n) is 5.71. The highest BCUT2D eigenvalue weighted by Crippen LogP contribution is 2.14. The summed E-state index contributed by atoms with van der Waals surface area (Å²) >= 11 is 0. The average molecular weight is 304 g/mol. The summed E-state index contributed by atoms with van der Waals surface area (Å²) in [5, 5.41) is 6.37. The van der Waals surface area contributed by atoms with Crippen molar-refractivity contribution in [3.63, 3.8) is 0 Å². The summed E-state index contributed by atoms with van der Waals surface area (Å²) in [6.45, 7) is 3.08. The Bertz CT molecular complexity index is 513. The van der Waals surface area contributed by atoms with Crippen molar-refractivity contribution in [3.05, 3.63) is 29.8 Å². The van der Waals surface area contributed by atoms with Gasteiger partial charge in [0, 0.05) is 30.5 Å². The van der Waals surface area contributed by atoms with Crippen LogP contribution in [0.25, 0.3) is 0 Å². The molecular formula is C17H24N2O3. The van der Waals surface area contributed by atoms with E-state index < -0.39 is 0 Å². The molecular weight excluding hydrogens is 280 g/mol. The third-order valence-electron chi connectivity index (χ3n) is 4.10. The molecule has 1 aliphatic heterocycles. The second-order valence-corrected chi connectivity index (χ2v) is 5.71. The van der Waals surface area contributed by atoms with E-state index in [4.69, 9.17) is 4.74 Å². The molecule has 1 saturated heterocycles. The van der Waals surface area contributed by atoms with E-state index in [-0.39, 0.29) is 36.6 Å². The van der Waals surface area contributed by atoms with E-state index in [1.807, 2.05) is 0 Å². The van der Waals surface area contributed by atoms with E-state index in [1.165, 1.54) is 0 Å². The van der Waals surface area contributed by atoms with Gasteiger partial charge in [0.2, 0.25) is 5.91 Å². The number of ether oxygens (including phenoxy) is 1. The fourth-order valence-electron chi connectivity index (χ4n) is 2.67. The van der Waals surface area contributed by atoms with Gasteiger partial charge in [-0.1, -0.05) is 0 Å². The topological polar surface area (TPSA) is 67.4 Å². The first-order chi connectivity index (χ1) is 10.6. The van der Waals surface area contributed by atoms with Gasteiger partial charge in [-0.05, 0) is 50.6 Å². The fourth-order valence-corrected chi connectivity index (χ4v) is 2.67. The third kappa shape index (κ3) is 4.56. The minimum Gasteiger partial charge on any atom is -0.497 e. The Hall–Kier alpha value is -1.88. The number of hydrogen-bond acceptors (Lipinski definition) is 4. The number of amides is 1. The first kappa shape index (κ1) is 16.5. The number of carbonyl (C=O) groups is 2. The summed E-state index contributed by atoms with van der Waals surface area (Å²) in [5.41, 5.74) is 0.612. The number of nitrogens with one attached hydrogen (secondary N) is 2. The molecule has 1 fully saturated rings. The molecule has 0 aromatic heterocycles. The number of carbonyl (C=O) groups excluding carboxylic acids is 2. The monoisotopic (exact) mass is 304 g/mol. The maximum atomic E-state index is 12.1. The third-order valence-corrected chi connectivity index (χ3v) is 4.10. The number of Topliss-reactive ketones (excluding diaryl/α,β-unsaturated/α-hetero) is 1. The molecule has 5 nitrogen and oxygen atoms in total. The minimum absolute atomic E-state index is 0.0207. The van der Waals surface area contributed by atoms with E-state index in [1.54, 1.807) is 31.4 Å². The van der Waals surface area contributed by atoms with Gasteiger partial charge < -0.3 is 15.4 Å². The van der Waals surface area contributed by atoms with Crippen molar-refractivity contribution in [2.45, 2.75) is 44.7 Å². The molecule has 1 aromatic carbocycles. The van der Waals surface area contributed by atoms with Crippen LogP contribution in [0.5, 0.6) is 5.75 Å². The SMILES string of the molecule is COc1ccc(C(=O)CCC(=O)NC2CCCNC2C)cc1. The van der Waals surface area contributed by atoms with Crippen molar-refractivity contribution < 1.29 is 14.3 Å². The Balaban J connectivity index is 1.78. The molecule has 1 heterocycles. The van der Waals surface area contributed by atoms with Gasteiger partial charge in [-0.15, -0.1) is 0 Å². The molecule has 0 saturated carbocycles. The lowest BCUT2D eigenvalue weighted by Gasteiger charge is -2.30. The fraction of sp³-hybridized carbons (Fsp3) is 0.529. The molecule has 2 unspecified atom stereocenters. The van der Waals surface area contributed by atoms with Crippen LogP contribution in [0.3, 0.4) is 0 Å². The zero-order chi connectivity index (χ0) is 15.9. The Kier molecular flexibility index (Phi) is 5.95. The van der Waals surface area contributed by atoms with Crippen LogP contribution in [0.15, 0.2) is 24.3 Å². The molecule has 0 radical (unpaired) electrons. The van der Waals surface area contributed by atoms with Crippen LogP contribution in [0.2, 0.25) is 0 Å². The predicted octanol–water partition coefficient (Wildman–Crippen LogP) is 1.91. The molecule has 22 heavy (non-hydrogen) atoms. The van der Waals surface area contributed by atoms with Crippen molar-refractivity contribution in [3.8, 4) is 5.75 Å². The average Bonchev–Trinajstić information content (AvgIpc) is 2.55. The highest BCUT2D eigenvalue weighted by Gasteiger charge is 2.22. The van der Waals surface area contributed by atoms with Crippen molar-refractivity contribution >= 4 is 11.7 Å². The summed E-state index contributed by atoms with van der Waals surface area (Å²) in [5.74, 6) is 0.642. The van der Waals surface area contributed by atoms with Crippen molar-refractivity contribution in [1.82, 2.24) is 10.6 Å². The quantitative estimate of drug-likeness (QED) is 0.788. The van der Waals surface area contributed by atoms with Gasteiger partial charge in [-0.3, -0.25) is 9.59 Å². The standard InChI is InChI=1S/C17H24N2O3/c1-12-15(4-3-11-18-12)19-17(21)10-9-16(20)13-5-7-14(22-2)8-6-13/h5-8,12,15,18H,3-4,9-11H2,1-2H3,(H,19,21). The lowest BCUT2D eigenvalue weighted by molar-refractivity contribution is -0.122. The molecule has 120 valence electrons. The van der Waals surface area contributed by atoms with Gasteiger partial charge in [-0.2, -0.15) is 0 Å². The van der Waals surface area contributed by atoms with Crippen LogP contribution in [0.1, 0.15) is 43.0 Å². The van der Waals surface area contributed by atoms with Crippen LogP contribution in [0, 0.1) is 0 Å². The molecule has 0 bridgehead atoms. The van der Waals surface area contributed by atoms with Crippen molar-refractivity contribution in [2.24, 2.45) is 0 Å². The zero-order valence-electron chi connectivity index (χ0n) is 13.2. The van der Waals surface area contributed by atoms with Gasteiger partial charge in [0.05, 0.1) is 7.11 Å². The van der Waals surface area contributed by atoms with Crippen LogP contribution < -0.4 is 15.4 Å². The largest absolute Gasteiger partial charge is 0.497 e. The van der Waals surface area contributed by atoms with Gasteiger partial charge in [0.25, 0.3) is 0 Å². The first-order valence-corrected chi connectivity index (χ1v) is 7.80. The van der Waals surface area contributed by atoms with Gasteiger partial charge in [-0.25, -0.2) is 0 Å². The zero-order valence-corrected chi connectivity index (χ0v) is 13.2. The molecule has 1 amide bonds. The normalized spacial score (nSPS) is 21.2. The van der Waals surface area contributed by atoms with Gasteiger partial charge >= 0.3 is 0 Å². The number of methoxy groups -OCH3 is 1. The van der Waals surface area contributed by atoms with Crippen molar-refractivity contribution in [1.29, 1.82) is 0 Å². The van der Waals surface area contributed by atoms with E-state index in [0.717, 1.165) is 19.4 Å². The highest BCUT2D eigenvalue weighted by atomic mass is 16.5. The van der Waals surface area contributed by atoms with Gasteiger partial charge in [0.1, 0.15) is 5.75 Å². The summed E-state index contributed by atoms with van der Waals surface area (Å²) < 4.78 is 5.06. The first-order valence-electron chi connectivity index (χ1n) is 7.80. The summed E-state index contributed by atoms with van der Waals surface area (Å²) in [6.07, 6.45) is 2.52. The van der Waals surface area contributed by atoms with E-state index >= 15 is 0 Å². The van der Waals surface area contributed by atoms with Crippen LogP contribution in [-0.4, -0.2) is 37.4 Å². The van der Waals surface area contributed by atoms with E-state index in [0.29, 0.717) is 11.3 Å². The minimum atomic E-state index is -0.0533. The predicted molar refractivity (Wildman–Crippen MR) is 85.2 cm³/mol. The molecule has 0 aliphatic carbocycles. The van der Waals surface area contributed by atoms with Crippen molar-refractivity contribution in [2.75, 3.05) is 13.7 Å². The number of ketones is 1. The maximum Gasteiger partial charge on any atom is 0.220 e. The Morgan fingerprint density at radius 2 is 2.00 bits per heavy atom. The number of hydrogen-bond donors (Lipinski definition) is 2. The molecule has 0 spiro atoms. The summed E-state index contributed by atoms with van der Waals surface area (Å²) in [6, 6.07) is 7.41. The Labute approximate surface area is 131 Å². The molecule has 1 aliphatic rings. The van der Waals surface area contributed by atoms with Gasteiger partial charge in [0.15, 0.2) is 5.78 Å². The van der Waals surface area contributed by atoms with Crippen LogP contribution in [0.4, 0.5) is 0 Å². The Morgan fingerprint density at radius 3 is 2.64 bits per heavy atom.